The highest BCUT2D eigenvalue weighted by Crippen LogP contribution is 2.41. The van der Waals surface area contributed by atoms with Gasteiger partial charge >= 0.3 is 6.03 Å². The summed E-state index contributed by atoms with van der Waals surface area (Å²) in [4.78, 5) is 36.9. The number of aliphatic imine (C=N–C) groups is 1. The SMILES string of the molecule is C=CCN1C(=O)C2C(N=C3N(c4cc(OC)ccc4OC)C(C)=CN32)N(C)C1=O. The van der Waals surface area contributed by atoms with Crippen molar-refractivity contribution in [2.45, 2.75) is 19.1 Å². The molecule has 0 bridgehead atoms. The molecular formula is C20H23N5O4. The lowest BCUT2D eigenvalue weighted by molar-refractivity contribution is -0.136. The molecule has 1 fully saturated rings. The van der Waals surface area contributed by atoms with Crippen molar-refractivity contribution in [1.82, 2.24) is 14.7 Å². The Balaban J connectivity index is 1.77. The number of allylic oxidation sites excluding steroid dienone is 1. The number of ether oxygens (including phenoxy) is 2. The summed E-state index contributed by atoms with van der Waals surface area (Å²) in [6, 6.07) is 4.48. The van der Waals surface area contributed by atoms with Crippen LogP contribution in [0.3, 0.4) is 0 Å². The van der Waals surface area contributed by atoms with Gasteiger partial charge in [0.15, 0.2) is 12.2 Å². The maximum absolute atomic E-state index is 13.1. The van der Waals surface area contributed by atoms with Crippen LogP contribution in [-0.4, -0.2) is 72.6 Å². The molecule has 9 nitrogen and oxygen atoms in total. The third-order valence-corrected chi connectivity index (χ3v) is 5.33. The van der Waals surface area contributed by atoms with Crippen molar-refractivity contribution in [3.05, 3.63) is 42.8 Å². The number of benzene rings is 1. The summed E-state index contributed by atoms with van der Waals surface area (Å²) >= 11 is 0. The minimum atomic E-state index is -0.621. The van der Waals surface area contributed by atoms with Crippen LogP contribution in [0.2, 0.25) is 0 Å². The number of hydrogen-bond donors (Lipinski definition) is 0. The normalized spacial score (nSPS) is 23.0. The molecule has 0 aliphatic carbocycles. The van der Waals surface area contributed by atoms with Crippen LogP contribution in [-0.2, 0) is 4.79 Å². The molecule has 3 aliphatic heterocycles. The van der Waals surface area contributed by atoms with E-state index in [0.717, 1.165) is 11.4 Å². The maximum Gasteiger partial charge on any atom is 0.328 e. The first-order chi connectivity index (χ1) is 13.9. The fourth-order valence-corrected chi connectivity index (χ4v) is 3.92. The lowest BCUT2D eigenvalue weighted by Gasteiger charge is -2.39. The van der Waals surface area contributed by atoms with Crippen molar-refractivity contribution in [1.29, 1.82) is 0 Å². The number of methoxy groups -OCH3 is 2. The second kappa shape index (κ2) is 6.84. The molecule has 4 rings (SSSR count). The first-order valence-corrected chi connectivity index (χ1v) is 9.18. The standard InChI is InChI=1S/C20H23N5O4/c1-6-9-23-18(26)16-17(22(3)20(23)27)21-19-24(16)11-12(2)25(19)14-10-13(28-4)7-8-15(14)29-5/h6-8,10-11,16-17H,1,9H2,2-5H3. The van der Waals surface area contributed by atoms with E-state index in [0.29, 0.717) is 17.5 Å². The molecule has 1 aromatic rings. The number of guanidine groups is 1. The van der Waals surface area contributed by atoms with Gasteiger partial charge in [-0.3, -0.25) is 14.6 Å². The van der Waals surface area contributed by atoms with E-state index in [-0.39, 0.29) is 18.5 Å². The van der Waals surface area contributed by atoms with Gasteiger partial charge in [0.05, 0.1) is 19.9 Å². The zero-order valence-electron chi connectivity index (χ0n) is 16.8. The lowest BCUT2D eigenvalue weighted by atomic mass is 10.1. The van der Waals surface area contributed by atoms with Gasteiger partial charge in [-0.25, -0.2) is 9.79 Å². The first kappa shape index (κ1) is 18.9. The molecule has 0 N–H and O–H groups in total. The summed E-state index contributed by atoms with van der Waals surface area (Å²) in [6.45, 7) is 5.73. The number of fused-ring (bicyclic) bond motifs is 3. The van der Waals surface area contributed by atoms with E-state index in [9.17, 15) is 9.59 Å². The fourth-order valence-electron chi connectivity index (χ4n) is 3.92. The summed E-state index contributed by atoms with van der Waals surface area (Å²) in [5.74, 6) is 1.59. The number of amides is 3. The van der Waals surface area contributed by atoms with Crippen LogP contribution in [0.4, 0.5) is 10.5 Å². The summed E-state index contributed by atoms with van der Waals surface area (Å²) in [5, 5.41) is 0. The zero-order valence-corrected chi connectivity index (χ0v) is 16.8. The molecule has 2 unspecified atom stereocenters. The second-order valence-corrected chi connectivity index (χ2v) is 6.97. The summed E-state index contributed by atoms with van der Waals surface area (Å²) in [7, 11) is 4.85. The highest BCUT2D eigenvalue weighted by atomic mass is 16.5. The number of imide groups is 1. The molecular weight excluding hydrogens is 374 g/mol. The molecule has 3 aliphatic rings. The third-order valence-electron chi connectivity index (χ3n) is 5.33. The van der Waals surface area contributed by atoms with Crippen molar-refractivity contribution in [2.75, 3.05) is 32.7 Å². The Bertz CT molecular complexity index is 956. The Morgan fingerprint density at radius 2 is 2.00 bits per heavy atom. The van der Waals surface area contributed by atoms with Gasteiger partial charge in [-0.2, -0.15) is 0 Å². The lowest BCUT2D eigenvalue weighted by Crippen LogP contribution is -2.64. The van der Waals surface area contributed by atoms with Crippen LogP contribution < -0.4 is 14.4 Å². The third kappa shape index (κ3) is 2.65. The van der Waals surface area contributed by atoms with Crippen molar-refractivity contribution >= 4 is 23.6 Å². The van der Waals surface area contributed by atoms with Crippen molar-refractivity contribution in [3.63, 3.8) is 0 Å². The number of carbonyl (C=O) groups excluding carboxylic acids is 2. The minimum Gasteiger partial charge on any atom is -0.497 e. The number of carbonyl (C=O) groups is 2. The average molecular weight is 397 g/mol. The Labute approximate surface area is 169 Å². The number of nitrogens with zero attached hydrogens (tertiary/aromatic N) is 5. The van der Waals surface area contributed by atoms with Gasteiger partial charge in [-0.15, -0.1) is 6.58 Å². The van der Waals surface area contributed by atoms with E-state index in [1.165, 1.54) is 9.80 Å². The largest absolute Gasteiger partial charge is 0.497 e. The van der Waals surface area contributed by atoms with Crippen LogP contribution in [0.5, 0.6) is 11.5 Å². The monoisotopic (exact) mass is 397 g/mol. The van der Waals surface area contributed by atoms with E-state index in [1.807, 2.05) is 41.1 Å². The molecule has 3 amide bonds. The number of hydrogen-bond acceptors (Lipinski definition) is 7. The Morgan fingerprint density at radius 3 is 2.66 bits per heavy atom. The zero-order chi connectivity index (χ0) is 20.9. The molecule has 2 atom stereocenters. The fraction of sp³-hybridized carbons (Fsp3) is 0.350. The van der Waals surface area contributed by atoms with Crippen molar-refractivity contribution in [3.8, 4) is 11.5 Å². The van der Waals surface area contributed by atoms with E-state index in [1.54, 1.807) is 27.3 Å². The molecule has 0 radical (unpaired) electrons. The molecule has 152 valence electrons. The molecule has 0 spiro atoms. The number of urea groups is 1. The van der Waals surface area contributed by atoms with Crippen molar-refractivity contribution < 1.29 is 19.1 Å². The van der Waals surface area contributed by atoms with E-state index >= 15 is 0 Å². The van der Waals surface area contributed by atoms with Crippen molar-refractivity contribution in [2.24, 2.45) is 4.99 Å². The van der Waals surface area contributed by atoms with Gasteiger partial charge in [0.2, 0.25) is 5.96 Å². The van der Waals surface area contributed by atoms with E-state index in [4.69, 9.17) is 14.5 Å². The second-order valence-electron chi connectivity index (χ2n) is 6.97. The molecule has 9 heteroatoms. The summed E-state index contributed by atoms with van der Waals surface area (Å²) in [6.07, 6.45) is 2.81. The predicted octanol–water partition coefficient (Wildman–Crippen LogP) is 1.83. The Kier molecular flexibility index (Phi) is 4.45. The maximum atomic E-state index is 13.1. The van der Waals surface area contributed by atoms with Gasteiger partial charge < -0.3 is 19.3 Å². The van der Waals surface area contributed by atoms with Crippen LogP contribution in [0.1, 0.15) is 6.92 Å². The van der Waals surface area contributed by atoms with Gasteiger partial charge in [-0.05, 0) is 19.1 Å². The topological polar surface area (TPSA) is 77.9 Å². The number of likely N-dealkylation sites (N-methyl/N-ethyl adjacent to an activating group) is 1. The molecule has 0 saturated carbocycles. The number of anilines is 1. The molecule has 1 aromatic carbocycles. The molecule has 29 heavy (non-hydrogen) atoms. The Hall–Kier alpha value is -3.49. The van der Waals surface area contributed by atoms with Crippen LogP contribution in [0.15, 0.2) is 47.7 Å². The highest BCUT2D eigenvalue weighted by molar-refractivity contribution is 6.10. The molecule has 3 heterocycles. The van der Waals surface area contributed by atoms with Gasteiger partial charge in [0.25, 0.3) is 5.91 Å². The molecule has 1 saturated heterocycles. The summed E-state index contributed by atoms with van der Waals surface area (Å²) < 4.78 is 10.9. The van der Waals surface area contributed by atoms with Crippen LogP contribution in [0.25, 0.3) is 0 Å². The van der Waals surface area contributed by atoms with Crippen LogP contribution in [0, 0.1) is 0 Å². The smallest absolute Gasteiger partial charge is 0.328 e. The molecule has 0 aromatic heterocycles. The van der Waals surface area contributed by atoms with Crippen LogP contribution >= 0.6 is 0 Å². The van der Waals surface area contributed by atoms with Gasteiger partial charge in [-0.1, -0.05) is 6.08 Å². The minimum absolute atomic E-state index is 0.157. The average Bonchev–Trinajstić information content (AvgIpc) is 3.23. The first-order valence-electron chi connectivity index (χ1n) is 9.18. The highest BCUT2D eigenvalue weighted by Gasteiger charge is 2.54. The predicted molar refractivity (Wildman–Crippen MR) is 108 cm³/mol. The quantitative estimate of drug-likeness (QED) is 0.706. The van der Waals surface area contributed by atoms with Gasteiger partial charge in [0, 0.05) is 31.6 Å². The van der Waals surface area contributed by atoms with E-state index in [2.05, 4.69) is 6.58 Å². The number of rotatable bonds is 5. The van der Waals surface area contributed by atoms with Gasteiger partial charge in [0.1, 0.15) is 11.5 Å². The van der Waals surface area contributed by atoms with E-state index < -0.39 is 12.2 Å². The Morgan fingerprint density at radius 1 is 1.24 bits per heavy atom. The summed E-state index contributed by atoms with van der Waals surface area (Å²) in [5.41, 5.74) is 1.61.